The molecular formula is C15H23+. The second-order valence-corrected chi connectivity index (χ2v) is 5.26. The molecule has 0 spiro atoms. The monoisotopic (exact) mass is 203 g/mol. The fourth-order valence-electron chi connectivity index (χ4n) is 1.97. The van der Waals surface area contributed by atoms with Gasteiger partial charge in [-0.15, -0.1) is 0 Å². The van der Waals surface area contributed by atoms with Crippen LogP contribution in [0.1, 0.15) is 41.5 Å². The van der Waals surface area contributed by atoms with Gasteiger partial charge in [-0.1, -0.05) is 23.3 Å². The largest absolute Gasteiger partial charge is 0.0959 e. The third kappa shape index (κ3) is 3.62. The van der Waals surface area contributed by atoms with E-state index < -0.39 is 0 Å². The first-order chi connectivity index (χ1) is 6.91. The van der Waals surface area contributed by atoms with Crippen LogP contribution < -0.4 is 0 Å². The average Bonchev–Trinajstić information content (AvgIpc) is 2.60. The second kappa shape index (κ2) is 4.74. The lowest BCUT2D eigenvalue weighted by molar-refractivity contribution is 0.967. The molecule has 1 rings (SSSR count). The van der Waals surface area contributed by atoms with Gasteiger partial charge in [-0.25, -0.2) is 0 Å². The predicted molar refractivity (Wildman–Crippen MR) is 68.5 cm³/mol. The summed E-state index contributed by atoms with van der Waals surface area (Å²) >= 11 is 0. The highest BCUT2D eigenvalue weighted by molar-refractivity contribution is 5.43. The highest BCUT2D eigenvalue weighted by Crippen LogP contribution is 2.49. The lowest BCUT2D eigenvalue weighted by Crippen LogP contribution is -1.75. The van der Waals surface area contributed by atoms with Crippen LogP contribution in [0.4, 0.5) is 0 Å². The van der Waals surface area contributed by atoms with E-state index in [1.54, 1.807) is 5.57 Å². The minimum Gasteiger partial charge on any atom is -0.0779 e. The van der Waals surface area contributed by atoms with Gasteiger partial charge in [0.25, 0.3) is 0 Å². The Bertz CT molecular complexity index is 279. The Kier molecular flexibility index (Phi) is 3.84. The molecule has 0 N–H and O–H groups in total. The first-order valence-electron chi connectivity index (χ1n) is 5.73. The fraction of sp³-hybridized carbons (Fsp3) is 0.533. The molecule has 0 heterocycles. The van der Waals surface area contributed by atoms with E-state index in [9.17, 15) is 0 Å². The van der Waals surface area contributed by atoms with Crippen molar-refractivity contribution in [2.45, 2.75) is 41.5 Å². The molecule has 1 aliphatic carbocycles. The fourth-order valence-corrected chi connectivity index (χ4v) is 1.97. The zero-order chi connectivity index (χ0) is 11.6. The molecule has 0 bridgehead atoms. The number of rotatable bonds is 3. The Morgan fingerprint density at radius 3 is 1.60 bits per heavy atom. The van der Waals surface area contributed by atoms with Crippen LogP contribution in [-0.4, -0.2) is 0 Å². The van der Waals surface area contributed by atoms with E-state index in [1.165, 1.54) is 17.1 Å². The summed E-state index contributed by atoms with van der Waals surface area (Å²) in [6.07, 6.45) is 7.12. The van der Waals surface area contributed by atoms with Gasteiger partial charge in [0.1, 0.15) is 0 Å². The topological polar surface area (TPSA) is 0 Å². The van der Waals surface area contributed by atoms with Crippen molar-refractivity contribution >= 4 is 0 Å². The Morgan fingerprint density at radius 1 is 0.933 bits per heavy atom. The molecule has 0 amide bonds. The minimum atomic E-state index is 0.666. The van der Waals surface area contributed by atoms with E-state index in [-0.39, 0.29) is 0 Å². The van der Waals surface area contributed by atoms with Crippen LogP contribution in [0.25, 0.3) is 0 Å². The van der Waals surface area contributed by atoms with E-state index in [2.05, 4.69) is 59.8 Å². The molecule has 0 aromatic carbocycles. The van der Waals surface area contributed by atoms with Crippen molar-refractivity contribution in [3.8, 4) is 0 Å². The molecule has 2 unspecified atom stereocenters. The molecule has 0 radical (unpaired) electrons. The summed E-state index contributed by atoms with van der Waals surface area (Å²) in [4.78, 5) is 0. The Morgan fingerprint density at radius 2 is 1.33 bits per heavy atom. The zero-order valence-electron chi connectivity index (χ0n) is 10.9. The van der Waals surface area contributed by atoms with Crippen LogP contribution in [-0.2, 0) is 0 Å². The first-order valence-corrected chi connectivity index (χ1v) is 5.73. The average molecular weight is 203 g/mol. The highest BCUT2D eigenvalue weighted by atomic mass is 14.4. The molecule has 0 aromatic heterocycles. The quantitative estimate of drug-likeness (QED) is 0.460. The minimum absolute atomic E-state index is 0.666. The van der Waals surface area contributed by atoms with Crippen LogP contribution >= 0.6 is 0 Å². The molecular weight excluding hydrogens is 180 g/mol. The number of allylic oxidation sites excluding steroid dienone is 6. The summed E-state index contributed by atoms with van der Waals surface area (Å²) in [7, 11) is 0. The molecule has 1 saturated carbocycles. The molecule has 0 nitrogen and oxygen atoms in total. The second-order valence-electron chi connectivity index (χ2n) is 5.26. The van der Waals surface area contributed by atoms with Crippen LogP contribution in [0.3, 0.4) is 0 Å². The summed E-state index contributed by atoms with van der Waals surface area (Å²) in [5, 5.41) is 0. The summed E-state index contributed by atoms with van der Waals surface area (Å²) in [6.45, 7) is 13.1. The summed E-state index contributed by atoms with van der Waals surface area (Å²) < 4.78 is 0. The predicted octanol–water partition coefficient (Wildman–Crippen LogP) is 4.71. The van der Waals surface area contributed by atoms with Crippen LogP contribution in [0.5, 0.6) is 0 Å². The van der Waals surface area contributed by atoms with Gasteiger partial charge in [0.05, 0.1) is 23.5 Å². The lowest BCUT2D eigenvalue weighted by Gasteiger charge is -1.85. The Hall–Kier alpha value is -0.910. The van der Waals surface area contributed by atoms with E-state index in [4.69, 9.17) is 0 Å². The standard InChI is InChI=1S/C15H23/c1-10(2)7-13-14(8-11(3)4)15(13)9-12(5)6/h7-9,13-14H,1-6H3/q+1. The van der Waals surface area contributed by atoms with Crippen molar-refractivity contribution in [1.29, 1.82) is 0 Å². The SMILES string of the molecule is CC(C)=CC1C(=C[C+](C)C)C1C=C(C)C. The molecule has 1 fully saturated rings. The third-order valence-electron chi connectivity index (χ3n) is 2.53. The Labute approximate surface area is 94.8 Å². The third-order valence-corrected chi connectivity index (χ3v) is 2.53. The maximum Gasteiger partial charge on any atom is 0.0959 e. The first kappa shape index (κ1) is 12.2. The molecule has 0 aliphatic heterocycles. The van der Waals surface area contributed by atoms with Crippen LogP contribution in [0, 0.1) is 17.8 Å². The highest BCUT2D eigenvalue weighted by Gasteiger charge is 2.48. The van der Waals surface area contributed by atoms with Crippen molar-refractivity contribution in [3.05, 3.63) is 40.9 Å². The molecule has 0 heteroatoms. The van der Waals surface area contributed by atoms with Crippen LogP contribution in [0.2, 0.25) is 0 Å². The maximum atomic E-state index is 2.39. The van der Waals surface area contributed by atoms with Crippen molar-refractivity contribution < 1.29 is 0 Å². The molecule has 1 aliphatic rings. The maximum absolute atomic E-state index is 2.39. The van der Waals surface area contributed by atoms with Crippen molar-refractivity contribution in [1.82, 2.24) is 0 Å². The van der Waals surface area contributed by atoms with Gasteiger partial charge in [0.15, 0.2) is 0 Å². The zero-order valence-corrected chi connectivity index (χ0v) is 10.9. The van der Waals surface area contributed by atoms with E-state index in [0.717, 1.165) is 0 Å². The van der Waals surface area contributed by atoms with E-state index in [1.807, 2.05) is 0 Å². The molecule has 15 heavy (non-hydrogen) atoms. The van der Waals surface area contributed by atoms with Gasteiger partial charge in [0.2, 0.25) is 0 Å². The summed E-state index contributed by atoms with van der Waals surface area (Å²) in [5.41, 5.74) is 4.42. The summed E-state index contributed by atoms with van der Waals surface area (Å²) in [5.74, 6) is 2.74. The Balaban J connectivity index is 2.80. The normalized spacial score (nSPS) is 23.2. The van der Waals surface area contributed by atoms with Gasteiger partial charge in [-0.2, -0.15) is 0 Å². The number of hydrogen-bond acceptors (Lipinski definition) is 0. The number of hydrogen-bond donors (Lipinski definition) is 0. The van der Waals surface area contributed by atoms with Gasteiger partial charge in [0, 0.05) is 19.8 Å². The van der Waals surface area contributed by atoms with Crippen LogP contribution in [0.15, 0.2) is 34.9 Å². The van der Waals surface area contributed by atoms with Crippen molar-refractivity contribution in [2.24, 2.45) is 11.8 Å². The van der Waals surface area contributed by atoms with Gasteiger partial charge < -0.3 is 0 Å². The lowest BCUT2D eigenvalue weighted by atomic mass is 10.2. The van der Waals surface area contributed by atoms with Gasteiger partial charge in [-0.05, 0) is 27.7 Å². The van der Waals surface area contributed by atoms with Crippen molar-refractivity contribution in [2.75, 3.05) is 0 Å². The van der Waals surface area contributed by atoms with Gasteiger partial charge >= 0.3 is 0 Å². The molecule has 0 saturated heterocycles. The van der Waals surface area contributed by atoms with E-state index >= 15 is 0 Å². The molecule has 2 atom stereocenters. The summed E-state index contributed by atoms with van der Waals surface area (Å²) in [6, 6.07) is 0. The molecule has 0 aromatic rings. The van der Waals surface area contributed by atoms with E-state index in [0.29, 0.717) is 11.8 Å². The van der Waals surface area contributed by atoms with Gasteiger partial charge in [-0.3, -0.25) is 0 Å². The smallest absolute Gasteiger partial charge is 0.0779 e. The molecule has 82 valence electrons. The van der Waals surface area contributed by atoms with Crippen molar-refractivity contribution in [3.63, 3.8) is 0 Å².